The molecule has 0 saturated heterocycles. The summed E-state index contributed by atoms with van der Waals surface area (Å²) in [6.45, 7) is 3.62. The number of carbonyl (C=O) groups excluding carboxylic acids is 1. The summed E-state index contributed by atoms with van der Waals surface area (Å²) in [6.07, 6.45) is 0. The molecule has 0 radical (unpaired) electrons. The molecule has 1 aromatic carbocycles. The van der Waals surface area contributed by atoms with Gasteiger partial charge in [-0.3, -0.25) is 4.79 Å². The summed E-state index contributed by atoms with van der Waals surface area (Å²) in [4.78, 5) is 11.5. The number of hydrogen-bond donors (Lipinski definition) is 1. The zero-order chi connectivity index (χ0) is 10.7. The van der Waals surface area contributed by atoms with Crippen LogP contribution in [0, 0.1) is 6.92 Å². The normalized spacial score (nSPS) is 12.6. The summed E-state index contributed by atoms with van der Waals surface area (Å²) < 4.78 is 0. The Morgan fingerprint density at radius 2 is 2.21 bits per heavy atom. The average molecular weight is 257 g/mol. The van der Waals surface area contributed by atoms with Gasteiger partial charge in [0.15, 0.2) is 5.78 Å². The third kappa shape index (κ3) is 2.42. The SMILES string of the molecule is Cc1ccc(C(=O)C(C)Br)c(CO)c1. The van der Waals surface area contributed by atoms with Crippen molar-refractivity contribution in [2.24, 2.45) is 0 Å². The van der Waals surface area contributed by atoms with Gasteiger partial charge in [0, 0.05) is 5.56 Å². The molecule has 0 saturated carbocycles. The lowest BCUT2D eigenvalue weighted by molar-refractivity contribution is 0.0993. The van der Waals surface area contributed by atoms with Crippen LogP contribution in [0.5, 0.6) is 0 Å². The number of hydrogen-bond acceptors (Lipinski definition) is 2. The molecule has 2 nitrogen and oxygen atoms in total. The quantitative estimate of drug-likeness (QED) is 0.667. The lowest BCUT2D eigenvalue weighted by atomic mass is 10.0. The molecule has 0 spiro atoms. The molecule has 0 bridgehead atoms. The van der Waals surface area contributed by atoms with E-state index in [1.165, 1.54) is 0 Å². The van der Waals surface area contributed by atoms with E-state index >= 15 is 0 Å². The highest BCUT2D eigenvalue weighted by Crippen LogP contribution is 2.16. The first-order valence-corrected chi connectivity index (χ1v) is 5.36. The fraction of sp³-hybridized carbons (Fsp3) is 0.364. The number of ketones is 1. The number of rotatable bonds is 3. The van der Waals surface area contributed by atoms with Gasteiger partial charge in [0.05, 0.1) is 11.4 Å². The van der Waals surface area contributed by atoms with E-state index in [0.717, 1.165) is 5.56 Å². The Morgan fingerprint density at radius 1 is 1.57 bits per heavy atom. The molecule has 0 amide bonds. The van der Waals surface area contributed by atoms with Crippen LogP contribution in [0.4, 0.5) is 0 Å². The molecule has 1 unspecified atom stereocenters. The van der Waals surface area contributed by atoms with Gasteiger partial charge in [-0.1, -0.05) is 39.7 Å². The predicted octanol–water partition coefficient (Wildman–Crippen LogP) is 2.45. The summed E-state index contributed by atoms with van der Waals surface area (Å²) in [6, 6.07) is 5.48. The van der Waals surface area contributed by atoms with Crippen LogP contribution in [0.25, 0.3) is 0 Å². The van der Waals surface area contributed by atoms with E-state index in [4.69, 9.17) is 5.11 Å². The fourth-order valence-corrected chi connectivity index (χ4v) is 1.55. The summed E-state index contributed by atoms with van der Waals surface area (Å²) in [5, 5.41) is 9.11. The van der Waals surface area contributed by atoms with Gasteiger partial charge in [-0.25, -0.2) is 0 Å². The minimum atomic E-state index is -0.212. The van der Waals surface area contributed by atoms with Gasteiger partial charge in [-0.2, -0.15) is 0 Å². The van der Waals surface area contributed by atoms with Crippen LogP contribution in [-0.2, 0) is 6.61 Å². The molecular formula is C11H13BrO2. The average Bonchev–Trinajstić information content (AvgIpc) is 2.16. The number of aryl methyl sites for hydroxylation is 1. The van der Waals surface area contributed by atoms with E-state index in [9.17, 15) is 4.79 Å². The largest absolute Gasteiger partial charge is 0.392 e. The Balaban J connectivity index is 3.14. The molecule has 1 aromatic rings. The van der Waals surface area contributed by atoms with E-state index in [1.807, 2.05) is 19.1 Å². The van der Waals surface area contributed by atoms with E-state index < -0.39 is 0 Å². The van der Waals surface area contributed by atoms with Crippen molar-refractivity contribution < 1.29 is 9.90 Å². The molecule has 1 rings (SSSR count). The first-order chi connectivity index (χ1) is 6.56. The summed E-state index contributed by atoms with van der Waals surface area (Å²) >= 11 is 3.23. The number of alkyl halides is 1. The second-order valence-corrected chi connectivity index (χ2v) is 4.67. The van der Waals surface area contributed by atoms with Gasteiger partial charge in [0.2, 0.25) is 0 Å². The number of benzene rings is 1. The van der Waals surface area contributed by atoms with Gasteiger partial charge >= 0.3 is 0 Å². The van der Waals surface area contributed by atoms with E-state index in [2.05, 4.69) is 15.9 Å². The predicted molar refractivity (Wildman–Crippen MR) is 59.8 cm³/mol. The number of aliphatic hydroxyl groups excluding tert-OH is 1. The van der Waals surface area contributed by atoms with Crippen LogP contribution < -0.4 is 0 Å². The number of aliphatic hydroxyl groups is 1. The topological polar surface area (TPSA) is 37.3 Å². The maximum atomic E-state index is 11.7. The van der Waals surface area contributed by atoms with Crippen molar-refractivity contribution in [3.8, 4) is 0 Å². The van der Waals surface area contributed by atoms with E-state index in [0.29, 0.717) is 11.1 Å². The van der Waals surface area contributed by atoms with E-state index in [1.54, 1.807) is 13.0 Å². The molecular weight excluding hydrogens is 244 g/mol. The van der Waals surface area contributed by atoms with Crippen LogP contribution in [0.2, 0.25) is 0 Å². The Labute approximate surface area is 92.1 Å². The number of halogens is 1. The Morgan fingerprint density at radius 3 is 2.71 bits per heavy atom. The molecule has 0 fully saturated rings. The molecule has 0 aliphatic rings. The van der Waals surface area contributed by atoms with Crippen molar-refractivity contribution in [3.63, 3.8) is 0 Å². The molecule has 1 atom stereocenters. The van der Waals surface area contributed by atoms with Gasteiger partial charge in [0.1, 0.15) is 0 Å². The molecule has 0 aromatic heterocycles. The summed E-state index contributed by atoms with van der Waals surface area (Å²) in [7, 11) is 0. The van der Waals surface area contributed by atoms with Crippen molar-refractivity contribution in [1.29, 1.82) is 0 Å². The Kier molecular flexibility index (Phi) is 3.84. The number of Topliss-reactive ketones (excluding diaryl/α,β-unsaturated/α-hetero) is 1. The zero-order valence-corrected chi connectivity index (χ0v) is 9.84. The summed E-state index contributed by atoms with van der Waals surface area (Å²) in [5.74, 6) is 0.00838. The fourth-order valence-electron chi connectivity index (χ4n) is 1.31. The third-order valence-corrected chi connectivity index (χ3v) is 2.47. The minimum Gasteiger partial charge on any atom is -0.392 e. The van der Waals surface area contributed by atoms with Gasteiger partial charge in [0.25, 0.3) is 0 Å². The van der Waals surface area contributed by atoms with Crippen molar-refractivity contribution in [1.82, 2.24) is 0 Å². The van der Waals surface area contributed by atoms with Crippen LogP contribution in [0.1, 0.15) is 28.4 Å². The summed E-state index contributed by atoms with van der Waals surface area (Å²) in [5.41, 5.74) is 2.34. The molecule has 0 aliphatic carbocycles. The molecule has 0 aliphatic heterocycles. The zero-order valence-electron chi connectivity index (χ0n) is 8.25. The first kappa shape index (κ1) is 11.4. The maximum absolute atomic E-state index is 11.7. The van der Waals surface area contributed by atoms with Crippen LogP contribution in [0.3, 0.4) is 0 Å². The van der Waals surface area contributed by atoms with Gasteiger partial charge < -0.3 is 5.11 Å². The second-order valence-electron chi connectivity index (χ2n) is 3.30. The van der Waals surface area contributed by atoms with Crippen molar-refractivity contribution >= 4 is 21.7 Å². The lowest BCUT2D eigenvalue weighted by Gasteiger charge is -2.08. The highest BCUT2D eigenvalue weighted by Gasteiger charge is 2.15. The highest BCUT2D eigenvalue weighted by atomic mass is 79.9. The van der Waals surface area contributed by atoms with Crippen LogP contribution >= 0.6 is 15.9 Å². The van der Waals surface area contributed by atoms with Crippen LogP contribution in [-0.4, -0.2) is 15.7 Å². The molecule has 0 heterocycles. The smallest absolute Gasteiger partial charge is 0.176 e. The van der Waals surface area contributed by atoms with Crippen LogP contribution in [0.15, 0.2) is 18.2 Å². The highest BCUT2D eigenvalue weighted by molar-refractivity contribution is 9.10. The Bertz CT molecular complexity index is 345. The van der Waals surface area contributed by atoms with Crippen molar-refractivity contribution in [2.45, 2.75) is 25.3 Å². The van der Waals surface area contributed by atoms with E-state index in [-0.39, 0.29) is 17.2 Å². The monoisotopic (exact) mass is 256 g/mol. The third-order valence-electron chi connectivity index (χ3n) is 2.06. The molecule has 14 heavy (non-hydrogen) atoms. The minimum absolute atomic E-state index is 0.00838. The Hall–Kier alpha value is -0.670. The maximum Gasteiger partial charge on any atom is 0.176 e. The standard InChI is InChI=1S/C11H13BrO2/c1-7-3-4-10(9(5-7)6-13)11(14)8(2)12/h3-5,8,13H,6H2,1-2H3. The lowest BCUT2D eigenvalue weighted by Crippen LogP contribution is -2.12. The van der Waals surface area contributed by atoms with Gasteiger partial charge in [-0.15, -0.1) is 0 Å². The molecule has 76 valence electrons. The van der Waals surface area contributed by atoms with Crippen molar-refractivity contribution in [2.75, 3.05) is 0 Å². The molecule has 1 N–H and O–H groups in total. The second kappa shape index (κ2) is 4.71. The molecule has 3 heteroatoms. The van der Waals surface area contributed by atoms with Crippen molar-refractivity contribution in [3.05, 3.63) is 34.9 Å². The number of carbonyl (C=O) groups is 1. The van der Waals surface area contributed by atoms with Gasteiger partial charge in [-0.05, 0) is 19.4 Å². The first-order valence-electron chi connectivity index (χ1n) is 4.45.